The maximum Gasteiger partial charge on any atom is 0.227 e. The number of para-hydroxylation sites is 1. The van der Waals surface area contributed by atoms with Gasteiger partial charge >= 0.3 is 0 Å². The number of thioether (sulfide) groups is 1. The van der Waals surface area contributed by atoms with Crippen LogP contribution in [-0.2, 0) is 4.79 Å². The third kappa shape index (κ3) is 3.08. The number of amides is 1. The van der Waals surface area contributed by atoms with Gasteiger partial charge in [-0.25, -0.2) is 0 Å². The maximum atomic E-state index is 12.4. The normalized spacial score (nSPS) is 19.6. The predicted molar refractivity (Wildman–Crippen MR) is 78.2 cm³/mol. The fraction of sp³-hybridized carbons (Fsp3) is 0.533. The standard InChI is InChI=1S/C15H21NOS/c1-11-10-16(14(17)9-15(2,3)4)12-7-5-6-8-13(12)18-11/h5-8,11H,9-10H2,1-4H3. The molecule has 1 unspecified atom stereocenters. The van der Waals surface area contributed by atoms with Gasteiger partial charge in [-0.3, -0.25) is 4.79 Å². The van der Waals surface area contributed by atoms with E-state index in [4.69, 9.17) is 0 Å². The van der Waals surface area contributed by atoms with Crippen LogP contribution < -0.4 is 4.90 Å². The summed E-state index contributed by atoms with van der Waals surface area (Å²) in [5, 5.41) is 0.462. The maximum absolute atomic E-state index is 12.4. The summed E-state index contributed by atoms with van der Waals surface area (Å²) >= 11 is 1.86. The van der Waals surface area contributed by atoms with Gasteiger partial charge in [-0.2, -0.15) is 0 Å². The third-order valence-electron chi connectivity index (χ3n) is 2.91. The molecule has 0 aliphatic carbocycles. The lowest BCUT2D eigenvalue weighted by molar-refractivity contribution is -0.120. The van der Waals surface area contributed by atoms with Gasteiger partial charge < -0.3 is 4.90 Å². The Hall–Kier alpha value is -0.960. The molecule has 3 heteroatoms. The number of fused-ring (bicyclic) bond motifs is 1. The van der Waals surface area contributed by atoms with E-state index in [1.807, 2.05) is 28.8 Å². The van der Waals surface area contributed by atoms with Crippen molar-refractivity contribution in [2.75, 3.05) is 11.4 Å². The molecule has 1 heterocycles. The lowest BCUT2D eigenvalue weighted by Crippen LogP contribution is -2.40. The molecule has 1 atom stereocenters. The Balaban J connectivity index is 2.26. The third-order valence-corrected chi connectivity index (χ3v) is 4.06. The predicted octanol–water partition coefficient (Wildman–Crippen LogP) is 3.95. The fourth-order valence-corrected chi connectivity index (χ4v) is 3.29. The highest BCUT2D eigenvalue weighted by Crippen LogP contribution is 2.39. The van der Waals surface area contributed by atoms with E-state index in [0.29, 0.717) is 11.7 Å². The highest BCUT2D eigenvalue weighted by atomic mass is 32.2. The summed E-state index contributed by atoms with van der Waals surface area (Å²) in [4.78, 5) is 15.6. The summed E-state index contributed by atoms with van der Waals surface area (Å²) < 4.78 is 0. The molecule has 1 aromatic carbocycles. The molecule has 18 heavy (non-hydrogen) atoms. The molecular weight excluding hydrogens is 242 g/mol. The molecule has 1 aliphatic heterocycles. The first-order valence-corrected chi connectivity index (χ1v) is 7.31. The molecule has 0 spiro atoms. The summed E-state index contributed by atoms with van der Waals surface area (Å²) in [6, 6.07) is 8.20. The van der Waals surface area contributed by atoms with Crippen molar-refractivity contribution in [3.63, 3.8) is 0 Å². The van der Waals surface area contributed by atoms with Crippen LogP contribution in [0, 0.1) is 5.41 Å². The molecule has 98 valence electrons. The number of rotatable bonds is 1. The molecule has 2 nitrogen and oxygen atoms in total. The Morgan fingerprint density at radius 3 is 2.72 bits per heavy atom. The van der Waals surface area contributed by atoms with Crippen LogP contribution in [0.3, 0.4) is 0 Å². The van der Waals surface area contributed by atoms with Gasteiger partial charge in [0.1, 0.15) is 0 Å². The topological polar surface area (TPSA) is 20.3 Å². The Kier molecular flexibility index (Phi) is 3.71. The van der Waals surface area contributed by atoms with Crippen molar-refractivity contribution in [3.05, 3.63) is 24.3 Å². The Bertz CT molecular complexity index is 450. The van der Waals surface area contributed by atoms with Crippen LogP contribution in [0.2, 0.25) is 0 Å². The highest BCUT2D eigenvalue weighted by molar-refractivity contribution is 8.00. The number of anilines is 1. The van der Waals surface area contributed by atoms with E-state index in [1.165, 1.54) is 4.90 Å². The number of hydrogen-bond acceptors (Lipinski definition) is 2. The van der Waals surface area contributed by atoms with E-state index in [-0.39, 0.29) is 11.3 Å². The highest BCUT2D eigenvalue weighted by Gasteiger charge is 2.28. The fourth-order valence-electron chi connectivity index (χ4n) is 2.17. The first-order valence-electron chi connectivity index (χ1n) is 6.43. The van der Waals surface area contributed by atoms with E-state index >= 15 is 0 Å². The van der Waals surface area contributed by atoms with Gasteiger partial charge in [0, 0.05) is 23.1 Å². The van der Waals surface area contributed by atoms with E-state index in [9.17, 15) is 4.79 Å². The Morgan fingerprint density at radius 1 is 1.39 bits per heavy atom. The molecular formula is C15H21NOS. The lowest BCUT2D eigenvalue weighted by Gasteiger charge is -2.34. The van der Waals surface area contributed by atoms with Crippen molar-refractivity contribution < 1.29 is 4.79 Å². The molecule has 0 saturated heterocycles. The summed E-state index contributed by atoms with van der Waals surface area (Å²) in [7, 11) is 0. The molecule has 0 radical (unpaired) electrons. The summed E-state index contributed by atoms with van der Waals surface area (Å²) in [5.74, 6) is 0.238. The molecule has 1 aliphatic rings. The first kappa shape index (κ1) is 13.5. The van der Waals surface area contributed by atoms with Crippen molar-refractivity contribution >= 4 is 23.4 Å². The minimum absolute atomic E-state index is 0.0415. The van der Waals surface area contributed by atoms with Crippen LogP contribution in [-0.4, -0.2) is 17.7 Å². The summed E-state index contributed by atoms with van der Waals surface area (Å²) in [5.41, 5.74) is 1.12. The van der Waals surface area contributed by atoms with Gasteiger partial charge in [0.2, 0.25) is 5.91 Å². The van der Waals surface area contributed by atoms with Crippen LogP contribution in [0.1, 0.15) is 34.1 Å². The number of carbonyl (C=O) groups excluding carboxylic acids is 1. The zero-order chi connectivity index (χ0) is 13.3. The summed E-state index contributed by atoms with van der Waals surface area (Å²) in [6.07, 6.45) is 0.596. The van der Waals surface area contributed by atoms with Crippen molar-refractivity contribution in [3.8, 4) is 0 Å². The molecule has 0 aromatic heterocycles. The van der Waals surface area contributed by atoms with E-state index in [0.717, 1.165) is 12.2 Å². The van der Waals surface area contributed by atoms with Crippen molar-refractivity contribution in [2.24, 2.45) is 5.41 Å². The van der Waals surface area contributed by atoms with E-state index in [1.54, 1.807) is 0 Å². The number of carbonyl (C=O) groups is 1. The second-order valence-electron chi connectivity index (χ2n) is 6.14. The monoisotopic (exact) mass is 263 g/mol. The van der Waals surface area contributed by atoms with Gasteiger partial charge in [-0.1, -0.05) is 39.8 Å². The molecule has 2 rings (SSSR count). The number of benzene rings is 1. The zero-order valence-electron chi connectivity index (χ0n) is 11.6. The van der Waals surface area contributed by atoms with Gasteiger partial charge in [-0.05, 0) is 17.5 Å². The van der Waals surface area contributed by atoms with E-state index in [2.05, 4.69) is 39.8 Å². The second kappa shape index (κ2) is 4.96. The summed E-state index contributed by atoms with van der Waals surface area (Å²) in [6.45, 7) is 9.32. The van der Waals surface area contributed by atoms with E-state index < -0.39 is 0 Å². The van der Waals surface area contributed by atoms with Gasteiger partial charge in [-0.15, -0.1) is 11.8 Å². The quantitative estimate of drug-likeness (QED) is 0.764. The van der Waals surface area contributed by atoms with Crippen LogP contribution >= 0.6 is 11.8 Å². The van der Waals surface area contributed by atoms with Gasteiger partial charge in [0.25, 0.3) is 0 Å². The molecule has 0 saturated carbocycles. The van der Waals surface area contributed by atoms with Crippen molar-refractivity contribution in [1.82, 2.24) is 0 Å². The van der Waals surface area contributed by atoms with Gasteiger partial charge in [0.15, 0.2) is 0 Å². The van der Waals surface area contributed by atoms with Crippen molar-refractivity contribution in [2.45, 2.75) is 44.3 Å². The van der Waals surface area contributed by atoms with Crippen LogP contribution in [0.25, 0.3) is 0 Å². The van der Waals surface area contributed by atoms with Crippen LogP contribution in [0.5, 0.6) is 0 Å². The average Bonchev–Trinajstić information content (AvgIpc) is 2.25. The smallest absolute Gasteiger partial charge is 0.227 e. The molecule has 0 bridgehead atoms. The Labute approximate surface area is 114 Å². The molecule has 0 N–H and O–H groups in total. The minimum atomic E-state index is 0.0415. The zero-order valence-corrected chi connectivity index (χ0v) is 12.4. The molecule has 1 amide bonds. The molecule has 0 fully saturated rings. The van der Waals surface area contributed by atoms with Crippen LogP contribution in [0.4, 0.5) is 5.69 Å². The second-order valence-corrected chi connectivity index (χ2v) is 7.62. The Morgan fingerprint density at radius 2 is 2.06 bits per heavy atom. The average molecular weight is 263 g/mol. The minimum Gasteiger partial charge on any atom is -0.310 e. The first-order chi connectivity index (χ1) is 8.37. The SMILES string of the molecule is CC1CN(C(=O)CC(C)(C)C)c2ccccc2S1. The van der Waals surface area contributed by atoms with Crippen molar-refractivity contribution in [1.29, 1.82) is 0 Å². The largest absolute Gasteiger partial charge is 0.310 e. The molecule has 1 aromatic rings. The van der Waals surface area contributed by atoms with Gasteiger partial charge in [0.05, 0.1) is 5.69 Å². The number of hydrogen-bond donors (Lipinski definition) is 0. The van der Waals surface area contributed by atoms with Crippen LogP contribution in [0.15, 0.2) is 29.2 Å². The number of nitrogens with zero attached hydrogens (tertiary/aromatic N) is 1. The lowest BCUT2D eigenvalue weighted by atomic mass is 9.91.